The van der Waals surface area contributed by atoms with Gasteiger partial charge in [-0.1, -0.05) is 32.0 Å². The van der Waals surface area contributed by atoms with Crippen LogP contribution in [-0.4, -0.2) is 15.3 Å². The lowest BCUT2D eigenvalue weighted by Gasteiger charge is -2.10. The minimum absolute atomic E-state index is 0.394. The van der Waals surface area contributed by atoms with Crippen LogP contribution >= 0.6 is 0 Å². The van der Waals surface area contributed by atoms with Gasteiger partial charge in [0, 0.05) is 17.6 Å². The van der Waals surface area contributed by atoms with Gasteiger partial charge >= 0.3 is 0 Å². The molecule has 0 fully saturated rings. The van der Waals surface area contributed by atoms with Gasteiger partial charge in [0.25, 0.3) is 0 Å². The number of guanidine groups is 1. The van der Waals surface area contributed by atoms with Gasteiger partial charge in [-0.25, -0.2) is 9.98 Å². The molecule has 0 radical (unpaired) electrons. The van der Waals surface area contributed by atoms with E-state index in [9.17, 15) is 0 Å². The first-order valence-electron chi connectivity index (χ1n) is 8.67. The number of imidazole rings is 1. The van der Waals surface area contributed by atoms with Gasteiger partial charge in [-0.2, -0.15) is 0 Å². The zero-order chi connectivity index (χ0) is 17.8. The molecule has 1 aromatic carbocycles. The number of aromatic nitrogens is 2. The Bertz CT molecular complexity index is 877. The van der Waals surface area contributed by atoms with Crippen LogP contribution in [0.3, 0.4) is 0 Å². The van der Waals surface area contributed by atoms with Crippen molar-refractivity contribution >= 4 is 17.3 Å². The lowest BCUT2D eigenvalue weighted by Crippen LogP contribution is -2.22. The van der Waals surface area contributed by atoms with E-state index in [2.05, 4.69) is 58.7 Å². The van der Waals surface area contributed by atoms with Gasteiger partial charge in [-0.15, -0.1) is 0 Å². The topological polar surface area (TPSA) is 67.7 Å². The van der Waals surface area contributed by atoms with Gasteiger partial charge in [0.2, 0.25) is 0 Å². The number of aryl methyl sites for hydroxylation is 1. The Labute approximate surface area is 148 Å². The molecule has 2 aromatic heterocycles. The van der Waals surface area contributed by atoms with E-state index in [-0.39, 0.29) is 0 Å². The van der Waals surface area contributed by atoms with Crippen molar-refractivity contribution in [1.82, 2.24) is 9.38 Å². The summed E-state index contributed by atoms with van der Waals surface area (Å²) in [7, 11) is 0. The highest BCUT2D eigenvalue weighted by Crippen LogP contribution is 2.20. The highest BCUT2D eigenvalue weighted by Gasteiger charge is 2.04. The summed E-state index contributed by atoms with van der Waals surface area (Å²) in [5.74, 6) is 0.962. The van der Waals surface area contributed by atoms with Crippen LogP contribution in [0.15, 0.2) is 53.7 Å². The van der Waals surface area contributed by atoms with E-state index in [0.717, 1.165) is 29.1 Å². The summed E-state index contributed by atoms with van der Waals surface area (Å²) in [4.78, 5) is 8.96. The van der Waals surface area contributed by atoms with Gasteiger partial charge in [-0.3, -0.25) is 0 Å². The maximum absolute atomic E-state index is 6.01. The molecule has 1 atom stereocenters. The number of hydrogen-bond donors (Lipinski definition) is 2. The predicted octanol–water partition coefficient (Wildman–Crippen LogP) is 4.08. The van der Waals surface area contributed by atoms with Crippen molar-refractivity contribution in [1.29, 1.82) is 0 Å². The van der Waals surface area contributed by atoms with E-state index < -0.39 is 0 Å². The number of nitrogens with zero attached hydrogens (tertiary/aromatic N) is 3. The van der Waals surface area contributed by atoms with Gasteiger partial charge in [-0.05, 0) is 49.1 Å². The summed E-state index contributed by atoms with van der Waals surface area (Å²) in [5, 5.41) is 3.13. The van der Waals surface area contributed by atoms with Crippen molar-refractivity contribution in [2.24, 2.45) is 10.7 Å². The van der Waals surface area contributed by atoms with Crippen molar-refractivity contribution in [3.8, 4) is 0 Å². The third-order valence-corrected chi connectivity index (χ3v) is 4.52. The molecule has 5 nitrogen and oxygen atoms in total. The molecule has 5 heteroatoms. The zero-order valence-electron chi connectivity index (χ0n) is 15.0. The molecule has 0 saturated heterocycles. The van der Waals surface area contributed by atoms with Crippen LogP contribution < -0.4 is 11.1 Å². The monoisotopic (exact) mass is 335 g/mol. The van der Waals surface area contributed by atoms with Crippen molar-refractivity contribution in [2.75, 3.05) is 5.32 Å². The van der Waals surface area contributed by atoms with Crippen molar-refractivity contribution in [3.05, 3.63) is 65.6 Å². The number of fused-ring (bicyclic) bond motifs is 1. The largest absolute Gasteiger partial charge is 0.370 e. The Morgan fingerprint density at radius 3 is 2.68 bits per heavy atom. The molecule has 0 bridgehead atoms. The third kappa shape index (κ3) is 3.99. The highest BCUT2D eigenvalue weighted by molar-refractivity contribution is 5.92. The second kappa shape index (κ2) is 7.38. The first-order valence-corrected chi connectivity index (χ1v) is 8.67. The molecule has 25 heavy (non-hydrogen) atoms. The Morgan fingerprint density at radius 1 is 1.24 bits per heavy atom. The number of nitrogens with one attached hydrogen (secondary N) is 1. The van der Waals surface area contributed by atoms with Crippen LogP contribution in [0.25, 0.3) is 5.65 Å². The van der Waals surface area contributed by atoms with Crippen molar-refractivity contribution in [3.63, 3.8) is 0 Å². The molecular formula is C20H25N5. The lowest BCUT2D eigenvalue weighted by molar-refractivity contribution is 0.734. The van der Waals surface area contributed by atoms with E-state index in [1.807, 2.05) is 30.5 Å². The molecule has 2 heterocycles. The van der Waals surface area contributed by atoms with Gasteiger partial charge < -0.3 is 15.5 Å². The number of anilines is 1. The number of hydrogen-bond acceptors (Lipinski definition) is 2. The molecule has 0 saturated carbocycles. The smallest absolute Gasteiger partial charge is 0.193 e. The van der Waals surface area contributed by atoms with E-state index in [4.69, 9.17) is 5.73 Å². The number of aliphatic imine (C=N–C) groups is 1. The fourth-order valence-corrected chi connectivity index (χ4v) is 2.76. The molecular weight excluding hydrogens is 310 g/mol. The van der Waals surface area contributed by atoms with Crippen LogP contribution in [0.5, 0.6) is 0 Å². The molecule has 0 spiro atoms. The highest BCUT2D eigenvalue weighted by atomic mass is 15.1. The third-order valence-electron chi connectivity index (χ3n) is 4.52. The Morgan fingerprint density at radius 2 is 2.00 bits per heavy atom. The number of nitrogens with two attached hydrogens (primary N) is 1. The number of benzene rings is 1. The van der Waals surface area contributed by atoms with Crippen molar-refractivity contribution in [2.45, 2.75) is 39.7 Å². The minimum Gasteiger partial charge on any atom is -0.370 e. The minimum atomic E-state index is 0.394. The summed E-state index contributed by atoms with van der Waals surface area (Å²) in [6.07, 6.45) is 3.14. The molecule has 3 aromatic rings. The molecule has 1 unspecified atom stereocenters. The zero-order valence-corrected chi connectivity index (χ0v) is 15.0. The van der Waals surface area contributed by atoms with Crippen LogP contribution in [-0.2, 0) is 6.54 Å². The fraction of sp³-hybridized carbons (Fsp3) is 0.300. The summed E-state index contributed by atoms with van der Waals surface area (Å²) < 4.78 is 2.06. The molecule has 0 aliphatic heterocycles. The average Bonchev–Trinajstić information content (AvgIpc) is 3.04. The Hall–Kier alpha value is -2.82. The van der Waals surface area contributed by atoms with E-state index in [1.165, 1.54) is 5.56 Å². The Balaban J connectivity index is 1.66. The van der Waals surface area contributed by atoms with E-state index in [0.29, 0.717) is 18.4 Å². The normalized spacial score (nSPS) is 13.2. The van der Waals surface area contributed by atoms with E-state index >= 15 is 0 Å². The van der Waals surface area contributed by atoms with Crippen molar-refractivity contribution < 1.29 is 0 Å². The second-order valence-corrected chi connectivity index (χ2v) is 6.39. The Kier molecular flexibility index (Phi) is 5.03. The summed E-state index contributed by atoms with van der Waals surface area (Å²) in [6.45, 7) is 6.93. The lowest BCUT2D eigenvalue weighted by atomic mass is 9.99. The van der Waals surface area contributed by atoms with Gasteiger partial charge in [0.05, 0.1) is 12.2 Å². The molecule has 0 amide bonds. The molecule has 3 N–H and O–H groups in total. The summed E-state index contributed by atoms with van der Waals surface area (Å²) in [5.41, 5.74) is 11.3. The van der Waals surface area contributed by atoms with Crippen LogP contribution in [0.1, 0.15) is 43.1 Å². The molecule has 0 aliphatic rings. The quantitative estimate of drug-likeness (QED) is 0.545. The van der Waals surface area contributed by atoms with Gasteiger partial charge in [0.1, 0.15) is 5.65 Å². The van der Waals surface area contributed by atoms with Crippen LogP contribution in [0.4, 0.5) is 5.69 Å². The summed E-state index contributed by atoms with van der Waals surface area (Å²) >= 11 is 0. The maximum Gasteiger partial charge on any atom is 0.193 e. The molecule has 0 aliphatic carbocycles. The maximum atomic E-state index is 6.01. The molecule has 3 rings (SSSR count). The average molecular weight is 335 g/mol. The molecule has 130 valence electrons. The number of rotatable bonds is 5. The first-order chi connectivity index (χ1) is 12.1. The standard InChI is InChI=1S/C20H25N5/c1-4-14(2)16-8-10-17(11-9-16)24-20(21)22-12-18-13-25-15(3)6-5-7-19(25)23-18/h5-11,13-14H,4,12H2,1-3H3,(H3,21,22,24). The van der Waals surface area contributed by atoms with E-state index in [1.54, 1.807) is 0 Å². The predicted molar refractivity (Wildman–Crippen MR) is 104 cm³/mol. The van der Waals surface area contributed by atoms with Crippen LogP contribution in [0.2, 0.25) is 0 Å². The number of pyridine rings is 1. The van der Waals surface area contributed by atoms with Gasteiger partial charge in [0.15, 0.2) is 5.96 Å². The summed E-state index contributed by atoms with van der Waals surface area (Å²) in [6, 6.07) is 14.4. The first kappa shape index (κ1) is 17.0. The fourth-order valence-electron chi connectivity index (χ4n) is 2.76. The SMILES string of the molecule is CCC(C)c1ccc(NC(N)=NCc2cn3c(C)cccc3n2)cc1. The second-order valence-electron chi connectivity index (χ2n) is 6.39. The van der Waals surface area contributed by atoms with Crippen LogP contribution in [0, 0.1) is 6.92 Å².